The molecule has 1 aliphatic rings. The lowest BCUT2D eigenvalue weighted by Crippen LogP contribution is -2.38. The molecule has 0 bridgehead atoms. The van der Waals surface area contributed by atoms with Gasteiger partial charge in [0.2, 0.25) is 5.88 Å². The number of rotatable bonds is 6. The van der Waals surface area contributed by atoms with Crippen molar-refractivity contribution < 1.29 is 9.47 Å². The third-order valence-electron chi connectivity index (χ3n) is 3.90. The molecule has 5 heteroatoms. The molecule has 1 aromatic heterocycles. The highest BCUT2D eigenvalue weighted by molar-refractivity contribution is 5.19. The number of aromatic nitrogens is 2. The zero-order valence-corrected chi connectivity index (χ0v) is 13.1. The van der Waals surface area contributed by atoms with E-state index in [0.29, 0.717) is 12.5 Å². The van der Waals surface area contributed by atoms with Crippen molar-refractivity contribution in [3.05, 3.63) is 47.7 Å². The summed E-state index contributed by atoms with van der Waals surface area (Å²) in [6.07, 6.45) is 0. The van der Waals surface area contributed by atoms with Crippen LogP contribution in [0.5, 0.6) is 5.88 Å². The number of morpholine rings is 1. The molecule has 1 fully saturated rings. The fraction of sp³-hybridized carbons (Fsp3) is 0.471. The second kappa shape index (κ2) is 7.42. The van der Waals surface area contributed by atoms with Crippen LogP contribution in [0.3, 0.4) is 0 Å². The van der Waals surface area contributed by atoms with E-state index >= 15 is 0 Å². The largest absolute Gasteiger partial charge is 0.475 e. The number of aryl methyl sites for hydroxylation is 1. The third-order valence-corrected chi connectivity index (χ3v) is 3.90. The zero-order valence-electron chi connectivity index (χ0n) is 13.1. The molecule has 1 aromatic carbocycles. The predicted octanol–water partition coefficient (Wildman–Crippen LogP) is 1.95. The average Bonchev–Trinajstić information content (AvgIpc) is 2.89. The van der Waals surface area contributed by atoms with E-state index in [4.69, 9.17) is 9.47 Å². The molecule has 1 aliphatic heterocycles. The van der Waals surface area contributed by atoms with Crippen molar-refractivity contribution in [3.63, 3.8) is 0 Å². The minimum Gasteiger partial charge on any atom is -0.475 e. The van der Waals surface area contributed by atoms with Gasteiger partial charge in [-0.3, -0.25) is 9.58 Å². The molecular formula is C17H23N3O2. The lowest BCUT2D eigenvalue weighted by molar-refractivity contribution is 0.0319. The van der Waals surface area contributed by atoms with Crippen LogP contribution in [0.2, 0.25) is 0 Å². The van der Waals surface area contributed by atoms with E-state index in [9.17, 15) is 0 Å². The highest BCUT2D eigenvalue weighted by Gasteiger charge is 2.11. The van der Waals surface area contributed by atoms with E-state index in [-0.39, 0.29) is 0 Å². The normalized spacial score (nSPS) is 15.9. The highest BCUT2D eigenvalue weighted by Crippen LogP contribution is 2.13. The van der Waals surface area contributed by atoms with E-state index < -0.39 is 0 Å². The van der Waals surface area contributed by atoms with E-state index in [1.807, 2.05) is 28.9 Å². The quantitative estimate of drug-likeness (QED) is 0.817. The van der Waals surface area contributed by atoms with Gasteiger partial charge in [-0.2, -0.15) is 0 Å². The van der Waals surface area contributed by atoms with Crippen LogP contribution in [0.25, 0.3) is 0 Å². The van der Waals surface area contributed by atoms with Crippen LogP contribution < -0.4 is 4.74 Å². The van der Waals surface area contributed by atoms with Crippen molar-refractivity contribution in [2.45, 2.75) is 13.5 Å². The molecule has 22 heavy (non-hydrogen) atoms. The van der Waals surface area contributed by atoms with Gasteiger partial charge in [-0.15, -0.1) is 5.10 Å². The Morgan fingerprint density at radius 3 is 2.73 bits per heavy atom. The van der Waals surface area contributed by atoms with E-state index in [0.717, 1.165) is 45.1 Å². The number of nitrogens with zero attached hydrogens (tertiary/aromatic N) is 3. The number of hydrogen-bond acceptors (Lipinski definition) is 4. The summed E-state index contributed by atoms with van der Waals surface area (Å²) in [6.45, 7) is 8.06. The van der Waals surface area contributed by atoms with Crippen molar-refractivity contribution in [3.8, 4) is 5.88 Å². The Morgan fingerprint density at radius 2 is 1.95 bits per heavy atom. The molecule has 0 N–H and O–H groups in total. The van der Waals surface area contributed by atoms with E-state index in [2.05, 4.69) is 29.1 Å². The standard InChI is InChI=1S/C17H23N3O2/c1-15-13-17(22-12-9-19-7-10-21-11-8-19)18-20(15)14-16-5-3-2-4-6-16/h2-6,13H,7-12,14H2,1H3. The first-order valence-electron chi connectivity index (χ1n) is 7.82. The van der Waals surface area contributed by atoms with E-state index in [1.54, 1.807) is 0 Å². The van der Waals surface area contributed by atoms with Gasteiger partial charge in [-0.1, -0.05) is 30.3 Å². The summed E-state index contributed by atoms with van der Waals surface area (Å²) in [7, 11) is 0. The summed E-state index contributed by atoms with van der Waals surface area (Å²) in [6, 6.07) is 12.4. The average molecular weight is 301 g/mol. The van der Waals surface area contributed by atoms with Crippen molar-refractivity contribution in [2.24, 2.45) is 0 Å². The van der Waals surface area contributed by atoms with Crippen LogP contribution in [0.15, 0.2) is 36.4 Å². The molecule has 1 saturated heterocycles. The summed E-state index contributed by atoms with van der Waals surface area (Å²) < 4.78 is 13.1. The van der Waals surface area contributed by atoms with Crippen molar-refractivity contribution in [1.82, 2.24) is 14.7 Å². The summed E-state index contributed by atoms with van der Waals surface area (Å²) in [5, 5.41) is 4.54. The number of benzene rings is 1. The minimum atomic E-state index is 0.668. The van der Waals surface area contributed by atoms with Crippen LogP contribution in [-0.2, 0) is 11.3 Å². The van der Waals surface area contributed by atoms with Crippen molar-refractivity contribution >= 4 is 0 Å². The molecule has 0 spiro atoms. The van der Waals surface area contributed by atoms with Gasteiger partial charge in [-0.05, 0) is 12.5 Å². The lowest BCUT2D eigenvalue weighted by Gasteiger charge is -2.26. The topological polar surface area (TPSA) is 39.5 Å². The van der Waals surface area contributed by atoms with Gasteiger partial charge in [0, 0.05) is 31.4 Å². The second-order valence-electron chi connectivity index (χ2n) is 5.57. The molecular weight excluding hydrogens is 278 g/mol. The van der Waals surface area contributed by atoms with Crippen LogP contribution in [0.4, 0.5) is 0 Å². The van der Waals surface area contributed by atoms with Gasteiger partial charge >= 0.3 is 0 Å². The Kier molecular flexibility index (Phi) is 5.08. The van der Waals surface area contributed by atoms with Gasteiger partial charge in [0.25, 0.3) is 0 Å². The molecule has 0 amide bonds. The Bertz CT molecular complexity index is 577. The molecule has 2 aromatic rings. The first-order valence-corrected chi connectivity index (χ1v) is 7.82. The Hall–Kier alpha value is -1.85. The molecule has 0 radical (unpaired) electrons. The smallest absolute Gasteiger partial charge is 0.233 e. The Balaban J connectivity index is 1.51. The fourth-order valence-corrected chi connectivity index (χ4v) is 2.57. The van der Waals surface area contributed by atoms with Gasteiger partial charge in [-0.25, -0.2) is 0 Å². The van der Waals surface area contributed by atoms with Crippen molar-refractivity contribution in [2.75, 3.05) is 39.5 Å². The summed E-state index contributed by atoms with van der Waals surface area (Å²) >= 11 is 0. The molecule has 0 unspecified atom stereocenters. The monoisotopic (exact) mass is 301 g/mol. The first kappa shape index (κ1) is 15.1. The van der Waals surface area contributed by atoms with Gasteiger partial charge in [0.1, 0.15) is 6.61 Å². The maximum atomic E-state index is 5.79. The third kappa shape index (κ3) is 4.08. The summed E-state index contributed by atoms with van der Waals surface area (Å²) in [5.41, 5.74) is 2.36. The lowest BCUT2D eigenvalue weighted by atomic mass is 10.2. The van der Waals surface area contributed by atoms with Gasteiger partial charge < -0.3 is 9.47 Å². The van der Waals surface area contributed by atoms with Gasteiger partial charge in [0.05, 0.1) is 19.8 Å². The zero-order chi connectivity index (χ0) is 15.2. The maximum absolute atomic E-state index is 5.79. The van der Waals surface area contributed by atoms with E-state index in [1.165, 1.54) is 5.56 Å². The molecule has 0 atom stereocenters. The predicted molar refractivity (Wildman–Crippen MR) is 85.3 cm³/mol. The van der Waals surface area contributed by atoms with Crippen LogP contribution >= 0.6 is 0 Å². The molecule has 2 heterocycles. The van der Waals surface area contributed by atoms with Gasteiger partial charge in [0.15, 0.2) is 0 Å². The van der Waals surface area contributed by atoms with Crippen LogP contribution in [0.1, 0.15) is 11.3 Å². The molecule has 5 nitrogen and oxygen atoms in total. The Morgan fingerprint density at radius 1 is 1.18 bits per heavy atom. The SMILES string of the molecule is Cc1cc(OCCN2CCOCC2)nn1Cc1ccccc1. The van der Waals surface area contributed by atoms with Crippen LogP contribution in [-0.4, -0.2) is 54.1 Å². The van der Waals surface area contributed by atoms with Crippen molar-refractivity contribution in [1.29, 1.82) is 0 Å². The summed E-state index contributed by atoms with van der Waals surface area (Å²) in [4.78, 5) is 2.36. The fourth-order valence-electron chi connectivity index (χ4n) is 2.57. The minimum absolute atomic E-state index is 0.668. The van der Waals surface area contributed by atoms with Crippen LogP contribution in [0, 0.1) is 6.92 Å². The summed E-state index contributed by atoms with van der Waals surface area (Å²) in [5.74, 6) is 0.710. The molecule has 0 aliphatic carbocycles. The molecule has 3 rings (SSSR count). The first-order chi connectivity index (χ1) is 10.8. The highest BCUT2D eigenvalue weighted by atomic mass is 16.5. The maximum Gasteiger partial charge on any atom is 0.233 e. The molecule has 0 saturated carbocycles. The molecule has 118 valence electrons. The number of hydrogen-bond donors (Lipinski definition) is 0. The Labute approximate surface area is 131 Å². The second-order valence-corrected chi connectivity index (χ2v) is 5.57. The number of ether oxygens (including phenoxy) is 2.